The van der Waals surface area contributed by atoms with Crippen LogP contribution < -0.4 is 10.1 Å². The van der Waals surface area contributed by atoms with E-state index < -0.39 is 0 Å². The van der Waals surface area contributed by atoms with Gasteiger partial charge in [0.2, 0.25) is 5.91 Å². The van der Waals surface area contributed by atoms with Crippen LogP contribution in [0, 0.1) is 5.82 Å². The van der Waals surface area contributed by atoms with E-state index in [1.807, 2.05) is 13.8 Å². The first-order valence-corrected chi connectivity index (χ1v) is 8.61. The van der Waals surface area contributed by atoms with Gasteiger partial charge in [-0.05, 0) is 56.3 Å². The van der Waals surface area contributed by atoms with E-state index in [1.54, 1.807) is 29.2 Å². The van der Waals surface area contributed by atoms with E-state index in [0.717, 1.165) is 0 Å². The van der Waals surface area contributed by atoms with Crippen LogP contribution in [0.2, 0.25) is 0 Å². The lowest BCUT2D eigenvalue weighted by atomic mass is 10.1. The highest BCUT2D eigenvalue weighted by molar-refractivity contribution is 5.97. The predicted octanol–water partition coefficient (Wildman–Crippen LogP) is 3.72. The molecule has 26 heavy (non-hydrogen) atoms. The number of nitrogens with zero attached hydrogens (tertiary/aromatic N) is 1. The topological polar surface area (TPSA) is 58.6 Å². The van der Waals surface area contributed by atoms with Gasteiger partial charge in [-0.25, -0.2) is 4.39 Å². The minimum absolute atomic E-state index is 0.0641. The molecule has 0 aliphatic carbocycles. The lowest BCUT2D eigenvalue weighted by Gasteiger charge is -2.19. The average Bonchev–Trinajstić information content (AvgIpc) is 2.64. The van der Waals surface area contributed by atoms with Gasteiger partial charge in [-0.1, -0.05) is 6.07 Å². The Labute approximate surface area is 152 Å². The molecule has 2 aromatic rings. The molecule has 138 valence electrons. The SMILES string of the molecule is CCN(CC)C(=O)c1cccc(NC(=O)CCOc2ccc(F)cc2)c1. The van der Waals surface area contributed by atoms with Gasteiger partial charge in [-0.15, -0.1) is 0 Å². The van der Waals surface area contributed by atoms with Crippen molar-refractivity contribution in [2.75, 3.05) is 25.0 Å². The van der Waals surface area contributed by atoms with Crippen LogP contribution >= 0.6 is 0 Å². The molecule has 0 aliphatic heterocycles. The van der Waals surface area contributed by atoms with Crippen molar-refractivity contribution in [1.82, 2.24) is 4.90 Å². The lowest BCUT2D eigenvalue weighted by molar-refractivity contribution is -0.116. The van der Waals surface area contributed by atoms with Crippen LogP contribution in [0.1, 0.15) is 30.6 Å². The summed E-state index contributed by atoms with van der Waals surface area (Å²) in [5.41, 5.74) is 1.10. The van der Waals surface area contributed by atoms with Crippen LogP contribution in [0.25, 0.3) is 0 Å². The fraction of sp³-hybridized carbons (Fsp3) is 0.300. The molecule has 0 saturated heterocycles. The maximum absolute atomic E-state index is 12.8. The maximum atomic E-state index is 12.8. The zero-order valence-electron chi connectivity index (χ0n) is 15.0. The van der Waals surface area contributed by atoms with E-state index in [9.17, 15) is 14.0 Å². The molecule has 2 amide bonds. The van der Waals surface area contributed by atoms with Crippen molar-refractivity contribution in [2.24, 2.45) is 0 Å². The molecule has 0 saturated carbocycles. The van der Waals surface area contributed by atoms with E-state index in [2.05, 4.69) is 5.32 Å². The van der Waals surface area contributed by atoms with Crippen molar-refractivity contribution in [3.63, 3.8) is 0 Å². The summed E-state index contributed by atoms with van der Waals surface area (Å²) in [6.07, 6.45) is 0.144. The molecule has 0 fully saturated rings. The number of halogens is 1. The van der Waals surface area contributed by atoms with Crippen molar-refractivity contribution < 1.29 is 18.7 Å². The van der Waals surface area contributed by atoms with Gasteiger partial charge in [0.1, 0.15) is 11.6 Å². The lowest BCUT2D eigenvalue weighted by Crippen LogP contribution is -2.30. The second-order valence-electron chi connectivity index (χ2n) is 5.66. The zero-order valence-corrected chi connectivity index (χ0v) is 15.0. The Kier molecular flexibility index (Phi) is 7.14. The van der Waals surface area contributed by atoms with E-state index in [1.165, 1.54) is 24.3 Å². The molecule has 0 radical (unpaired) electrons. The second-order valence-corrected chi connectivity index (χ2v) is 5.66. The third-order valence-corrected chi connectivity index (χ3v) is 3.86. The number of amides is 2. The molecule has 0 aliphatic rings. The quantitative estimate of drug-likeness (QED) is 0.782. The molecule has 0 atom stereocenters. The zero-order chi connectivity index (χ0) is 18.9. The van der Waals surface area contributed by atoms with Crippen LogP contribution in [0.5, 0.6) is 5.75 Å². The monoisotopic (exact) mass is 358 g/mol. The summed E-state index contributed by atoms with van der Waals surface area (Å²) in [5, 5.41) is 2.76. The van der Waals surface area contributed by atoms with E-state index in [0.29, 0.717) is 30.1 Å². The number of ether oxygens (including phenoxy) is 1. The fourth-order valence-electron chi connectivity index (χ4n) is 2.44. The summed E-state index contributed by atoms with van der Waals surface area (Å²) in [7, 11) is 0. The summed E-state index contributed by atoms with van der Waals surface area (Å²) >= 11 is 0. The first-order valence-electron chi connectivity index (χ1n) is 8.61. The number of benzene rings is 2. The van der Waals surface area contributed by atoms with Gasteiger partial charge in [0.05, 0.1) is 13.0 Å². The number of carbonyl (C=O) groups is 2. The molecule has 1 N–H and O–H groups in total. The van der Waals surface area contributed by atoms with Crippen LogP contribution in [0.15, 0.2) is 48.5 Å². The van der Waals surface area contributed by atoms with Gasteiger partial charge < -0.3 is 15.0 Å². The van der Waals surface area contributed by atoms with Crippen LogP contribution in [-0.4, -0.2) is 36.4 Å². The Morgan fingerprint density at radius 1 is 1.08 bits per heavy atom. The Balaban J connectivity index is 1.87. The standard InChI is InChI=1S/C20H23FN2O3/c1-3-23(4-2)20(25)15-6-5-7-17(14-15)22-19(24)12-13-26-18-10-8-16(21)9-11-18/h5-11,14H,3-4,12-13H2,1-2H3,(H,22,24). The summed E-state index contributed by atoms with van der Waals surface area (Å²) in [6, 6.07) is 12.5. The van der Waals surface area contributed by atoms with Gasteiger partial charge in [-0.3, -0.25) is 9.59 Å². The smallest absolute Gasteiger partial charge is 0.253 e. The Morgan fingerprint density at radius 3 is 2.42 bits per heavy atom. The number of anilines is 1. The largest absolute Gasteiger partial charge is 0.493 e. The Morgan fingerprint density at radius 2 is 1.77 bits per heavy atom. The molecule has 2 aromatic carbocycles. The maximum Gasteiger partial charge on any atom is 0.253 e. The summed E-state index contributed by atoms with van der Waals surface area (Å²) < 4.78 is 18.2. The molecule has 5 nitrogen and oxygen atoms in total. The summed E-state index contributed by atoms with van der Waals surface area (Å²) in [5.74, 6) is -0.120. The summed E-state index contributed by atoms with van der Waals surface area (Å²) in [6.45, 7) is 5.29. The van der Waals surface area contributed by atoms with Crippen LogP contribution in [0.4, 0.5) is 10.1 Å². The molecule has 0 bridgehead atoms. The summed E-state index contributed by atoms with van der Waals surface area (Å²) in [4.78, 5) is 26.1. The predicted molar refractivity (Wildman–Crippen MR) is 98.8 cm³/mol. The molecule has 2 rings (SSSR count). The third kappa shape index (κ3) is 5.58. The second kappa shape index (κ2) is 9.56. The van der Waals surface area contributed by atoms with Crippen molar-refractivity contribution >= 4 is 17.5 Å². The van der Waals surface area contributed by atoms with Gasteiger partial charge in [0.25, 0.3) is 5.91 Å². The van der Waals surface area contributed by atoms with E-state index >= 15 is 0 Å². The molecule has 0 unspecified atom stereocenters. The van der Waals surface area contributed by atoms with E-state index in [4.69, 9.17) is 4.74 Å². The van der Waals surface area contributed by atoms with E-state index in [-0.39, 0.29) is 30.7 Å². The van der Waals surface area contributed by atoms with Gasteiger partial charge >= 0.3 is 0 Å². The molecular weight excluding hydrogens is 335 g/mol. The molecule has 0 aromatic heterocycles. The molecule has 6 heteroatoms. The number of hydrogen-bond acceptors (Lipinski definition) is 3. The number of carbonyl (C=O) groups excluding carboxylic acids is 2. The van der Waals surface area contributed by atoms with Gasteiger partial charge in [-0.2, -0.15) is 0 Å². The van der Waals surface area contributed by atoms with Gasteiger partial charge in [0.15, 0.2) is 0 Å². The Hall–Kier alpha value is -2.89. The molecule has 0 heterocycles. The fourth-order valence-corrected chi connectivity index (χ4v) is 2.44. The third-order valence-electron chi connectivity index (χ3n) is 3.86. The highest BCUT2D eigenvalue weighted by atomic mass is 19.1. The number of nitrogens with one attached hydrogen (secondary N) is 1. The first-order chi connectivity index (χ1) is 12.5. The minimum Gasteiger partial charge on any atom is -0.493 e. The van der Waals surface area contributed by atoms with Crippen molar-refractivity contribution in [2.45, 2.75) is 20.3 Å². The highest BCUT2D eigenvalue weighted by Crippen LogP contribution is 2.14. The highest BCUT2D eigenvalue weighted by Gasteiger charge is 2.13. The van der Waals surface area contributed by atoms with Crippen LogP contribution in [-0.2, 0) is 4.79 Å². The first kappa shape index (κ1) is 19.4. The normalized spacial score (nSPS) is 10.3. The number of hydrogen-bond donors (Lipinski definition) is 1. The Bertz CT molecular complexity index is 743. The van der Waals surface area contributed by atoms with Gasteiger partial charge in [0, 0.05) is 24.3 Å². The van der Waals surface area contributed by atoms with Crippen molar-refractivity contribution in [3.8, 4) is 5.75 Å². The number of rotatable bonds is 8. The molecule has 0 spiro atoms. The van der Waals surface area contributed by atoms with Crippen LogP contribution in [0.3, 0.4) is 0 Å². The van der Waals surface area contributed by atoms with Crippen molar-refractivity contribution in [3.05, 3.63) is 59.9 Å². The molecular formula is C20H23FN2O3. The minimum atomic E-state index is -0.339. The van der Waals surface area contributed by atoms with Crippen molar-refractivity contribution in [1.29, 1.82) is 0 Å². The average molecular weight is 358 g/mol.